The van der Waals surface area contributed by atoms with Crippen molar-refractivity contribution in [2.75, 3.05) is 6.54 Å². The van der Waals surface area contributed by atoms with Gasteiger partial charge in [-0.25, -0.2) is 0 Å². The van der Waals surface area contributed by atoms with Crippen molar-refractivity contribution in [2.24, 2.45) is 5.73 Å². The summed E-state index contributed by atoms with van der Waals surface area (Å²) in [5, 5.41) is 10.7. The SMILES string of the molecule is Cc1cc(C(C)(C)CCN)ccc1[N+](=O)[O-]. The first-order valence-corrected chi connectivity index (χ1v) is 5.34. The molecule has 0 bridgehead atoms. The fraction of sp³-hybridized carbons (Fsp3) is 0.500. The lowest BCUT2D eigenvalue weighted by Crippen LogP contribution is -2.21. The Balaban J connectivity index is 3.10. The number of nitrogens with two attached hydrogens (primary N) is 1. The molecule has 0 aromatic heterocycles. The number of nitro benzene ring substituents is 1. The summed E-state index contributed by atoms with van der Waals surface area (Å²) >= 11 is 0. The Kier molecular flexibility index (Phi) is 3.65. The fourth-order valence-electron chi connectivity index (χ4n) is 1.79. The van der Waals surface area contributed by atoms with Gasteiger partial charge < -0.3 is 5.73 Å². The van der Waals surface area contributed by atoms with Crippen LogP contribution in [0, 0.1) is 17.0 Å². The van der Waals surface area contributed by atoms with Crippen LogP contribution in [0.25, 0.3) is 0 Å². The van der Waals surface area contributed by atoms with E-state index in [1.807, 2.05) is 12.1 Å². The first kappa shape index (κ1) is 12.6. The van der Waals surface area contributed by atoms with Crippen LogP contribution in [0.15, 0.2) is 18.2 Å². The molecule has 0 unspecified atom stereocenters. The Hall–Kier alpha value is -1.42. The van der Waals surface area contributed by atoms with Gasteiger partial charge in [-0.05, 0) is 36.9 Å². The number of rotatable bonds is 4. The van der Waals surface area contributed by atoms with Gasteiger partial charge >= 0.3 is 0 Å². The molecule has 0 saturated heterocycles. The molecule has 16 heavy (non-hydrogen) atoms. The second kappa shape index (κ2) is 4.61. The molecule has 0 aliphatic rings. The van der Waals surface area contributed by atoms with E-state index in [0.29, 0.717) is 12.1 Å². The van der Waals surface area contributed by atoms with E-state index in [0.717, 1.165) is 12.0 Å². The molecule has 0 heterocycles. The van der Waals surface area contributed by atoms with E-state index in [2.05, 4.69) is 13.8 Å². The van der Waals surface area contributed by atoms with Crippen LogP contribution in [0.4, 0.5) is 5.69 Å². The first-order chi connectivity index (χ1) is 7.38. The van der Waals surface area contributed by atoms with Crippen molar-refractivity contribution in [1.29, 1.82) is 0 Å². The summed E-state index contributed by atoms with van der Waals surface area (Å²) in [6, 6.07) is 5.28. The largest absolute Gasteiger partial charge is 0.330 e. The van der Waals surface area contributed by atoms with E-state index in [-0.39, 0.29) is 16.0 Å². The van der Waals surface area contributed by atoms with Crippen LogP contribution in [0.3, 0.4) is 0 Å². The van der Waals surface area contributed by atoms with Gasteiger partial charge in [-0.15, -0.1) is 0 Å². The van der Waals surface area contributed by atoms with Crippen LogP contribution in [-0.4, -0.2) is 11.5 Å². The minimum atomic E-state index is -0.352. The minimum absolute atomic E-state index is 0.0331. The molecule has 0 saturated carbocycles. The predicted octanol–water partition coefficient (Wildman–Crippen LogP) is 2.53. The smallest absolute Gasteiger partial charge is 0.272 e. The maximum absolute atomic E-state index is 10.7. The van der Waals surface area contributed by atoms with E-state index in [1.54, 1.807) is 13.0 Å². The lowest BCUT2D eigenvalue weighted by Gasteiger charge is -2.24. The molecule has 0 aliphatic heterocycles. The molecule has 0 spiro atoms. The Morgan fingerprint density at radius 3 is 2.50 bits per heavy atom. The van der Waals surface area contributed by atoms with Gasteiger partial charge in [0, 0.05) is 11.6 Å². The standard InChI is InChI=1S/C12H18N2O2/c1-9-8-10(12(2,3)6-7-13)4-5-11(9)14(15)16/h4-5,8H,6-7,13H2,1-3H3. The van der Waals surface area contributed by atoms with Crippen molar-refractivity contribution in [2.45, 2.75) is 32.6 Å². The molecular formula is C12H18N2O2. The molecule has 1 aromatic rings. The Bertz CT molecular complexity index is 400. The van der Waals surface area contributed by atoms with Crippen LogP contribution in [0.1, 0.15) is 31.4 Å². The zero-order valence-electron chi connectivity index (χ0n) is 9.99. The molecule has 0 amide bonds. The van der Waals surface area contributed by atoms with Crippen molar-refractivity contribution in [3.05, 3.63) is 39.4 Å². The highest BCUT2D eigenvalue weighted by molar-refractivity contribution is 5.43. The maximum atomic E-state index is 10.7. The molecular weight excluding hydrogens is 204 g/mol. The highest BCUT2D eigenvalue weighted by Crippen LogP contribution is 2.29. The van der Waals surface area contributed by atoms with Crippen LogP contribution < -0.4 is 5.73 Å². The van der Waals surface area contributed by atoms with Gasteiger partial charge in [0.15, 0.2) is 0 Å². The quantitative estimate of drug-likeness (QED) is 0.628. The lowest BCUT2D eigenvalue weighted by atomic mass is 9.81. The molecule has 0 aliphatic carbocycles. The van der Waals surface area contributed by atoms with Crippen molar-refractivity contribution in [1.82, 2.24) is 0 Å². The monoisotopic (exact) mass is 222 g/mol. The summed E-state index contributed by atoms with van der Waals surface area (Å²) in [7, 11) is 0. The van der Waals surface area contributed by atoms with Gasteiger partial charge in [-0.1, -0.05) is 19.9 Å². The minimum Gasteiger partial charge on any atom is -0.330 e. The molecule has 2 N–H and O–H groups in total. The van der Waals surface area contributed by atoms with E-state index in [1.165, 1.54) is 0 Å². The number of aryl methyl sites for hydroxylation is 1. The van der Waals surface area contributed by atoms with E-state index in [9.17, 15) is 10.1 Å². The second-order valence-corrected chi connectivity index (χ2v) is 4.68. The van der Waals surface area contributed by atoms with Crippen molar-refractivity contribution < 1.29 is 4.92 Å². The molecule has 0 radical (unpaired) electrons. The Labute approximate surface area is 95.6 Å². The molecule has 88 valence electrons. The average molecular weight is 222 g/mol. The van der Waals surface area contributed by atoms with Crippen molar-refractivity contribution >= 4 is 5.69 Å². The Morgan fingerprint density at radius 1 is 1.44 bits per heavy atom. The third kappa shape index (κ3) is 2.58. The number of hydrogen-bond donors (Lipinski definition) is 1. The topological polar surface area (TPSA) is 69.2 Å². The summed E-state index contributed by atoms with van der Waals surface area (Å²) in [5.74, 6) is 0. The molecule has 4 heteroatoms. The maximum Gasteiger partial charge on any atom is 0.272 e. The first-order valence-electron chi connectivity index (χ1n) is 5.34. The third-order valence-electron chi connectivity index (χ3n) is 2.94. The molecule has 1 aromatic carbocycles. The van der Waals surface area contributed by atoms with Crippen molar-refractivity contribution in [3.8, 4) is 0 Å². The normalized spacial score (nSPS) is 11.5. The molecule has 0 atom stereocenters. The zero-order chi connectivity index (χ0) is 12.3. The summed E-state index contributed by atoms with van der Waals surface area (Å²) in [4.78, 5) is 10.3. The van der Waals surface area contributed by atoms with Gasteiger partial charge in [0.05, 0.1) is 4.92 Å². The average Bonchev–Trinajstić information content (AvgIpc) is 2.16. The summed E-state index contributed by atoms with van der Waals surface area (Å²) in [6.07, 6.45) is 0.865. The lowest BCUT2D eigenvalue weighted by molar-refractivity contribution is -0.385. The fourth-order valence-corrected chi connectivity index (χ4v) is 1.79. The van der Waals surface area contributed by atoms with Crippen LogP contribution in [0.2, 0.25) is 0 Å². The van der Waals surface area contributed by atoms with Crippen LogP contribution >= 0.6 is 0 Å². The van der Waals surface area contributed by atoms with Gasteiger partial charge in [0.2, 0.25) is 0 Å². The van der Waals surface area contributed by atoms with E-state index in [4.69, 9.17) is 5.73 Å². The second-order valence-electron chi connectivity index (χ2n) is 4.68. The highest BCUT2D eigenvalue weighted by Gasteiger charge is 2.21. The zero-order valence-corrected chi connectivity index (χ0v) is 9.99. The number of benzene rings is 1. The predicted molar refractivity (Wildman–Crippen MR) is 64.5 cm³/mol. The van der Waals surface area contributed by atoms with Crippen LogP contribution in [0.5, 0.6) is 0 Å². The number of nitro groups is 1. The Morgan fingerprint density at radius 2 is 2.06 bits per heavy atom. The highest BCUT2D eigenvalue weighted by atomic mass is 16.6. The summed E-state index contributed by atoms with van der Waals surface area (Å²) in [6.45, 7) is 6.57. The molecule has 0 fully saturated rings. The van der Waals surface area contributed by atoms with Gasteiger partial charge in [-0.2, -0.15) is 0 Å². The molecule has 4 nitrogen and oxygen atoms in total. The van der Waals surface area contributed by atoms with Crippen molar-refractivity contribution in [3.63, 3.8) is 0 Å². The van der Waals surface area contributed by atoms with E-state index >= 15 is 0 Å². The van der Waals surface area contributed by atoms with Crippen LogP contribution in [-0.2, 0) is 5.41 Å². The number of nitrogens with zero attached hydrogens (tertiary/aromatic N) is 1. The molecule has 1 rings (SSSR count). The summed E-state index contributed by atoms with van der Waals surface area (Å²) in [5.41, 5.74) is 7.50. The van der Waals surface area contributed by atoms with Gasteiger partial charge in [-0.3, -0.25) is 10.1 Å². The summed E-state index contributed by atoms with van der Waals surface area (Å²) < 4.78 is 0. The number of hydrogen-bond acceptors (Lipinski definition) is 3. The van der Waals surface area contributed by atoms with E-state index < -0.39 is 0 Å². The third-order valence-corrected chi connectivity index (χ3v) is 2.94. The van der Waals surface area contributed by atoms with Gasteiger partial charge in [0.25, 0.3) is 5.69 Å². The van der Waals surface area contributed by atoms with Gasteiger partial charge in [0.1, 0.15) is 0 Å².